The highest BCUT2D eigenvalue weighted by atomic mass is 31.2. The lowest BCUT2D eigenvalue weighted by Gasteiger charge is -2.18. The Balaban J connectivity index is 4.35. The van der Waals surface area contributed by atoms with Crippen LogP contribution in [0.5, 0.6) is 0 Å². The minimum Gasteiger partial charge on any atom is -0.469 e. The molecular weight excluding hydrogens is 179 g/mol. The first-order valence-corrected chi connectivity index (χ1v) is 5.55. The van der Waals surface area contributed by atoms with Crippen molar-refractivity contribution in [3.8, 4) is 0 Å². The van der Waals surface area contributed by atoms with Gasteiger partial charge in [0.25, 0.3) is 0 Å². The van der Waals surface area contributed by atoms with Crippen molar-refractivity contribution < 1.29 is 18.6 Å². The van der Waals surface area contributed by atoms with E-state index in [2.05, 4.69) is 4.74 Å². The number of hydrogen-bond acceptors (Lipinski definition) is 4. The number of carbonyl (C=O) groups excluding carboxylic acids is 1. The van der Waals surface area contributed by atoms with Gasteiger partial charge in [-0.3, -0.25) is 9.36 Å². The molecule has 5 heteroatoms. The van der Waals surface area contributed by atoms with Crippen LogP contribution >= 0.6 is 7.37 Å². The van der Waals surface area contributed by atoms with Crippen molar-refractivity contribution in [2.75, 3.05) is 20.4 Å². The minimum atomic E-state index is -2.82. The molecule has 0 N–H and O–H groups in total. The third kappa shape index (κ3) is 2.95. The molecule has 0 aliphatic rings. The van der Waals surface area contributed by atoms with E-state index in [1.807, 2.05) is 0 Å². The van der Waals surface area contributed by atoms with Gasteiger partial charge in [0.1, 0.15) is 6.16 Å². The van der Waals surface area contributed by atoms with Crippen LogP contribution in [-0.4, -0.2) is 32.0 Å². The Morgan fingerprint density at radius 3 is 2.17 bits per heavy atom. The number of ether oxygens (including phenoxy) is 1. The highest BCUT2D eigenvalue weighted by molar-refractivity contribution is 7.60. The number of methoxy groups -OCH3 is 1. The highest BCUT2D eigenvalue weighted by Crippen LogP contribution is 2.50. The zero-order valence-electron chi connectivity index (χ0n) is 7.86. The molecule has 0 heterocycles. The summed E-state index contributed by atoms with van der Waals surface area (Å²) in [5, 5.41) is 0. The summed E-state index contributed by atoms with van der Waals surface area (Å²) in [4.78, 5) is 10.8. The second kappa shape index (κ2) is 4.63. The number of carbonyl (C=O) groups is 1. The first kappa shape index (κ1) is 11.7. The zero-order valence-corrected chi connectivity index (χ0v) is 8.76. The van der Waals surface area contributed by atoms with E-state index in [4.69, 9.17) is 4.52 Å². The van der Waals surface area contributed by atoms with Gasteiger partial charge < -0.3 is 9.26 Å². The van der Waals surface area contributed by atoms with Crippen molar-refractivity contribution in [2.45, 2.75) is 19.5 Å². The largest absolute Gasteiger partial charge is 0.469 e. The van der Waals surface area contributed by atoms with Gasteiger partial charge in [-0.15, -0.1) is 0 Å². The van der Waals surface area contributed by atoms with Crippen molar-refractivity contribution in [1.82, 2.24) is 0 Å². The van der Waals surface area contributed by atoms with Crippen LogP contribution < -0.4 is 0 Å². The van der Waals surface area contributed by atoms with Gasteiger partial charge in [0.05, 0.1) is 7.11 Å². The van der Waals surface area contributed by atoms with Crippen molar-refractivity contribution in [3.05, 3.63) is 0 Å². The molecule has 0 radical (unpaired) electrons. The molecule has 0 rings (SSSR count). The van der Waals surface area contributed by atoms with E-state index in [-0.39, 0.29) is 11.8 Å². The van der Waals surface area contributed by atoms with Gasteiger partial charge in [-0.05, 0) is 0 Å². The fourth-order valence-electron chi connectivity index (χ4n) is 0.702. The molecule has 0 aromatic rings. The molecule has 0 spiro atoms. The monoisotopic (exact) mass is 194 g/mol. The molecule has 72 valence electrons. The van der Waals surface area contributed by atoms with Crippen molar-refractivity contribution in [2.24, 2.45) is 0 Å². The van der Waals surface area contributed by atoms with E-state index in [1.54, 1.807) is 13.8 Å². The maximum Gasteiger partial charge on any atom is 0.315 e. The quantitative estimate of drug-likeness (QED) is 0.502. The molecule has 12 heavy (non-hydrogen) atoms. The van der Waals surface area contributed by atoms with Gasteiger partial charge in [-0.25, -0.2) is 0 Å². The van der Waals surface area contributed by atoms with Crippen molar-refractivity contribution in [3.63, 3.8) is 0 Å². The molecule has 0 aliphatic heterocycles. The summed E-state index contributed by atoms with van der Waals surface area (Å²) in [7, 11) is -0.202. The predicted molar refractivity (Wildman–Crippen MR) is 46.6 cm³/mol. The average molecular weight is 194 g/mol. The summed E-state index contributed by atoms with van der Waals surface area (Å²) < 4.78 is 21.0. The molecule has 1 atom stereocenters. The molecule has 0 bridgehead atoms. The maximum absolute atomic E-state index is 11.7. The highest BCUT2D eigenvalue weighted by Gasteiger charge is 2.29. The lowest BCUT2D eigenvalue weighted by molar-refractivity contribution is -0.137. The Labute approximate surface area is 72.7 Å². The number of rotatable bonds is 4. The zero-order chi connectivity index (χ0) is 9.78. The molecule has 0 saturated carbocycles. The van der Waals surface area contributed by atoms with Gasteiger partial charge in [-0.1, -0.05) is 13.8 Å². The van der Waals surface area contributed by atoms with E-state index in [0.29, 0.717) is 0 Å². The smallest absolute Gasteiger partial charge is 0.315 e. The van der Waals surface area contributed by atoms with E-state index in [0.717, 1.165) is 0 Å². The Bertz CT molecular complexity index is 200. The molecular formula is C7H15O4P. The van der Waals surface area contributed by atoms with Crippen LogP contribution in [0.15, 0.2) is 0 Å². The van der Waals surface area contributed by atoms with Gasteiger partial charge in [0.15, 0.2) is 0 Å². The van der Waals surface area contributed by atoms with Gasteiger partial charge >= 0.3 is 5.97 Å². The van der Waals surface area contributed by atoms with Gasteiger partial charge in [-0.2, -0.15) is 0 Å². The molecule has 0 saturated heterocycles. The lowest BCUT2D eigenvalue weighted by Crippen LogP contribution is -2.13. The van der Waals surface area contributed by atoms with Crippen molar-refractivity contribution in [1.29, 1.82) is 0 Å². The minimum absolute atomic E-state index is 0.141. The van der Waals surface area contributed by atoms with Gasteiger partial charge in [0, 0.05) is 12.8 Å². The van der Waals surface area contributed by atoms with E-state index in [1.165, 1.54) is 14.2 Å². The first-order chi connectivity index (χ1) is 5.46. The Kier molecular flexibility index (Phi) is 4.50. The Morgan fingerprint density at radius 1 is 1.42 bits per heavy atom. The summed E-state index contributed by atoms with van der Waals surface area (Å²) in [6, 6.07) is 0. The summed E-state index contributed by atoms with van der Waals surface area (Å²) >= 11 is 0. The molecule has 4 nitrogen and oxygen atoms in total. The summed E-state index contributed by atoms with van der Waals surface area (Å²) in [6.45, 7) is 3.51. The molecule has 0 amide bonds. The topological polar surface area (TPSA) is 52.6 Å². The molecule has 0 fully saturated rings. The fourth-order valence-corrected chi connectivity index (χ4v) is 2.11. The van der Waals surface area contributed by atoms with E-state index >= 15 is 0 Å². The lowest BCUT2D eigenvalue weighted by atomic mass is 10.6. The average Bonchev–Trinajstić information content (AvgIpc) is 2.03. The fraction of sp³-hybridized carbons (Fsp3) is 0.857. The van der Waals surface area contributed by atoms with Crippen LogP contribution in [0, 0.1) is 0 Å². The molecule has 0 aromatic heterocycles. The second-order valence-corrected chi connectivity index (χ2v) is 5.90. The third-order valence-electron chi connectivity index (χ3n) is 1.67. The summed E-state index contributed by atoms with van der Waals surface area (Å²) in [5.74, 6) is -0.492. The van der Waals surface area contributed by atoms with Crippen LogP contribution in [0.4, 0.5) is 0 Å². The summed E-state index contributed by atoms with van der Waals surface area (Å²) in [5.41, 5.74) is -0.151. The van der Waals surface area contributed by atoms with E-state index in [9.17, 15) is 9.36 Å². The third-order valence-corrected chi connectivity index (χ3v) is 4.56. The first-order valence-electron chi connectivity index (χ1n) is 3.67. The van der Waals surface area contributed by atoms with Gasteiger partial charge in [0.2, 0.25) is 7.37 Å². The van der Waals surface area contributed by atoms with Crippen LogP contribution in [-0.2, 0) is 18.6 Å². The van der Waals surface area contributed by atoms with Crippen LogP contribution in [0.3, 0.4) is 0 Å². The second-order valence-electron chi connectivity index (χ2n) is 2.74. The predicted octanol–water partition coefficient (Wildman–Crippen LogP) is 1.49. The Morgan fingerprint density at radius 2 is 1.92 bits per heavy atom. The summed E-state index contributed by atoms with van der Waals surface area (Å²) in [6.07, 6.45) is -0.141. The number of esters is 1. The van der Waals surface area contributed by atoms with Crippen LogP contribution in [0.25, 0.3) is 0 Å². The molecule has 0 aliphatic carbocycles. The molecule has 1 unspecified atom stereocenters. The maximum atomic E-state index is 11.7. The number of hydrogen-bond donors (Lipinski definition) is 0. The van der Waals surface area contributed by atoms with E-state index < -0.39 is 13.3 Å². The SMILES string of the molecule is COC(=O)CP(=O)(OC)C(C)C. The normalized spacial score (nSPS) is 15.8. The van der Waals surface area contributed by atoms with Crippen LogP contribution in [0.1, 0.15) is 13.8 Å². The Hall–Kier alpha value is -0.340. The van der Waals surface area contributed by atoms with Crippen LogP contribution in [0.2, 0.25) is 0 Å². The van der Waals surface area contributed by atoms with Crippen molar-refractivity contribution >= 4 is 13.3 Å². The standard InChI is InChI=1S/C7H15O4P/c1-6(2)12(9,11-4)5-7(8)10-3/h6H,5H2,1-4H3. The molecule has 0 aromatic carbocycles.